The molecule has 0 aromatic heterocycles. The molecule has 0 radical (unpaired) electrons. The van der Waals surface area contributed by atoms with E-state index in [2.05, 4.69) is 81.5 Å². The predicted octanol–water partition coefficient (Wildman–Crippen LogP) is 22.0. The number of carbonyl (C=O) groups excluding carboxylic acids is 2. The molecule has 0 aliphatic rings. The van der Waals surface area contributed by atoms with E-state index in [-0.39, 0.29) is 25.2 Å². The summed E-state index contributed by atoms with van der Waals surface area (Å²) >= 11 is 0. The Morgan fingerprint density at radius 2 is 0.625 bits per heavy atom. The van der Waals surface area contributed by atoms with Gasteiger partial charge in [0.25, 0.3) is 0 Å². The summed E-state index contributed by atoms with van der Waals surface area (Å²) in [5.74, 6) is -0.391. The number of carbonyl (C=O) groups is 2. The molecule has 0 heterocycles. The number of hydrogen-bond donors (Lipinski definition) is 0. The molecule has 0 saturated carbocycles. The summed E-state index contributed by atoms with van der Waals surface area (Å²) in [6, 6.07) is 0. The summed E-state index contributed by atoms with van der Waals surface area (Å²) in [7, 11) is 0. The second-order valence-corrected chi connectivity index (χ2v) is 21.3. The lowest BCUT2D eigenvalue weighted by Crippen LogP contribution is -2.30. The summed E-state index contributed by atoms with van der Waals surface area (Å²) in [6.45, 7) is 7.73. The molecule has 5 nitrogen and oxygen atoms in total. The minimum absolute atomic E-state index is 0.0794. The maximum Gasteiger partial charge on any atom is 0.306 e. The second kappa shape index (κ2) is 62.9. The Labute approximate surface area is 449 Å². The van der Waals surface area contributed by atoms with Gasteiger partial charge in [-0.3, -0.25) is 9.59 Å². The van der Waals surface area contributed by atoms with E-state index in [4.69, 9.17) is 14.2 Å². The Morgan fingerprint density at radius 1 is 0.319 bits per heavy atom. The van der Waals surface area contributed by atoms with Crippen LogP contribution < -0.4 is 0 Å². The Kier molecular flexibility index (Phi) is 60.8. The Balaban J connectivity index is 4.29. The first-order valence-electron chi connectivity index (χ1n) is 31.8. The molecule has 72 heavy (non-hydrogen) atoms. The second-order valence-electron chi connectivity index (χ2n) is 21.3. The number of rotatable bonds is 59. The number of esters is 2. The van der Waals surface area contributed by atoms with E-state index in [0.29, 0.717) is 19.4 Å². The van der Waals surface area contributed by atoms with Crippen molar-refractivity contribution in [2.75, 3.05) is 19.8 Å². The van der Waals surface area contributed by atoms with E-state index in [1.165, 1.54) is 218 Å². The van der Waals surface area contributed by atoms with Crippen LogP contribution in [-0.4, -0.2) is 37.9 Å². The highest BCUT2D eigenvalue weighted by Crippen LogP contribution is 2.17. The van der Waals surface area contributed by atoms with E-state index in [0.717, 1.165) is 77.0 Å². The first-order chi connectivity index (χ1) is 35.6. The Hall–Kier alpha value is -2.40. The van der Waals surface area contributed by atoms with Crippen molar-refractivity contribution in [3.8, 4) is 0 Å². The van der Waals surface area contributed by atoms with Crippen LogP contribution in [0.15, 0.2) is 60.8 Å². The number of allylic oxidation sites excluding steroid dienone is 10. The van der Waals surface area contributed by atoms with Gasteiger partial charge in [0, 0.05) is 19.4 Å². The molecule has 0 rings (SSSR count). The molecule has 0 aliphatic heterocycles. The highest BCUT2D eigenvalue weighted by atomic mass is 16.6. The van der Waals surface area contributed by atoms with Gasteiger partial charge >= 0.3 is 11.9 Å². The maximum absolute atomic E-state index is 12.9. The lowest BCUT2D eigenvalue weighted by Gasteiger charge is -2.18. The molecule has 0 saturated heterocycles. The van der Waals surface area contributed by atoms with Gasteiger partial charge in [-0.2, -0.15) is 0 Å². The van der Waals surface area contributed by atoms with Crippen LogP contribution in [0.1, 0.15) is 329 Å². The first kappa shape index (κ1) is 69.6. The summed E-state index contributed by atoms with van der Waals surface area (Å²) in [4.78, 5) is 25.6. The molecule has 0 aromatic carbocycles. The fourth-order valence-corrected chi connectivity index (χ4v) is 9.36. The van der Waals surface area contributed by atoms with Gasteiger partial charge in [0.2, 0.25) is 0 Å². The maximum atomic E-state index is 12.9. The Morgan fingerprint density at radius 3 is 1.00 bits per heavy atom. The minimum Gasteiger partial charge on any atom is -0.462 e. The van der Waals surface area contributed by atoms with Crippen LogP contribution in [0.5, 0.6) is 0 Å². The molecular weight excluding hydrogens is 885 g/mol. The van der Waals surface area contributed by atoms with Crippen molar-refractivity contribution in [2.45, 2.75) is 335 Å². The van der Waals surface area contributed by atoms with E-state index in [1.54, 1.807) is 0 Å². The highest BCUT2D eigenvalue weighted by molar-refractivity contribution is 5.70. The summed E-state index contributed by atoms with van der Waals surface area (Å²) < 4.78 is 17.5. The molecule has 420 valence electrons. The molecular formula is C67H122O5. The largest absolute Gasteiger partial charge is 0.462 e. The van der Waals surface area contributed by atoms with Crippen LogP contribution in [0.3, 0.4) is 0 Å². The van der Waals surface area contributed by atoms with Gasteiger partial charge in [0.05, 0.1) is 6.61 Å². The van der Waals surface area contributed by atoms with E-state index in [9.17, 15) is 9.59 Å². The minimum atomic E-state index is -0.548. The van der Waals surface area contributed by atoms with Crippen molar-refractivity contribution in [3.63, 3.8) is 0 Å². The van der Waals surface area contributed by atoms with Crippen LogP contribution in [0.2, 0.25) is 0 Å². The standard InChI is InChI=1S/C67H122O5/c1-4-7-10-13-16-19-22-25-28-31-33-35-38-41-44-47-50-53-56-59-62-70-63-65(72-67(69)61-58-55-52-49-46-43-40-36-30-27-24-21-18-15-12-9-6-3)64-71-66(68)60-57-54-51-48-45-42-39-37-34-32-29-26-23-20-17-14-11-8-5-2/h7,10,16,19,25,28,33,35,41,44,65H,4-6,8-9,11-15,17-18,20-24,26-27,29-32,34,36-40,42-43,45-64H2,1-3H3/b10-7-,19-16-,28-25-,35-33-,44-41-. The molecule has 5 heteroatoms. The third-order valence-electron chi connectivity index (χ3n) is 14.1. The first-order valence-corrected chi connectivity index (χ1v) is 31.8. The van der Waals surface area contributed by atoms with Gasteiger partial charge in [0.1, 0.15) is 6.61 Å². The third-order valence-corrected chi connectivity index (χ3v) is 14.1. The number of ether oxygens (including phenoxy) is 3. The van der Waals surface area contributed by atoms with Crippen LogP contribution in [0, 0.1) is 0 Å². The third kappa shape index (κ3) is 60.2. The van der Waals surface area contributed by atoms with Gasteiger partial charge in [-0.25, -0.2) is 0 Å². The quantitative estimate of drug-likeness (QED) is 0.0345. The van der Waals surface area contributed by atoms with Crippen LogP contribution in [-0.2, 0) is 23.8 Å². The predicted molar refractivity (Wildman–Crippen MR) is 316 cm³/mol. The summed E-state index contributed by atoms with van der Waals surface area (Å²) in [6.07, 6.45) is 81.2. The smallest absolute Gasteiger partial charge is 0.306 e. The molecule has 1 unspecified atom stereocenters. The lowest BCUT2D eigenvalue weighted by molar-refractivity contribution is -0.163. The molecule has 0 amide bonds. The Bertz CT molecular complexity index is 1230. The molecule has 0 aliphatic carbocycles. The summed E-state index contributed by atoms with van der Waals surface area (Å²) in [5, 5.41) is 0. The van der Waals surface area contributed by atoms with Crippen LogP contribution in [0.25, 0.3) is 0 Å². The summed E-state index contributed by atoms with van der Waals surface area (Å²) in [5.41, 5.74) is 0. The topological polar surface area (TPSA) is 61.8 Å². The average molecular weight is 1010 g/mol. The molecule has 0 N–H and O–H groups in total. The van der Waals surface area contributed by atoms with Crippen LogP contribution >= 0.6 is 0 Å². The van der Waals surface area contributed by atoms with E-state index in [1.807, 2.05) is 0 Å². The fourth-order valence-electron chi connectivity index (χ4n) is 9.36. The van der Waals surface area contributed by atoms with Crippen LogP contribution in [0.4, 0.5) is 0 Å². The molecule has 0 fully saturated rings. The average Bonchev–Trinajstić information content (AvgIpc) is 3.38. The molecule has 0 bridgehead atoms. The molecule has 0 spiro atoms. The van der Waals surface area contributed by atoms with Crippen molar-refractivity contribution < 1.29 is 23.8 Å². The van der Waals surface area contributed by atoms with Crippen molar-refractivity contribution >= 4 is 11.9 Å². The molecule has 1 atom stereocenters. The van der Waals surface area contributed by atoms with Gasteiger partial charge in [-0.05, 0) is 64.2 Å². The monoisotopic (exact) mass is 1010 g/mol. The van der Waals surface area contributed by atoms with Gasteiger partial charge in [-0.1, -0.05) is 313 Å². The zero-order valence-corrected chi connectivity index (χ0v) is 48.5. The van der Waals surface area contributed by atoms with Gasteiger partial charge in [-0.15, -0.1) is 0 Å². The zero-order valence-electron chi connectivity index (χ0n) is 48.5. The normalized spacial score (nSPS) is 12.5. The number of unbranched alkanes of at least 4 members (excludes halogenated alkanes) is 38. The SMILES string of the molecule is CC/C=C\C/C=C\C/C=C\C/C=C\C/C=C\CCCCCCOCC(COC(=O)CCCCCCCCCCCCCCCCCCCCC)OC(=O)CCCCCCCCCCCCCCCCCCC. The van der Waals surface area contributed by atoms with E-state index < -0.39 is 6.10 Å². The van der Waals surface area contributed by atoms with Crippen molar-refractivity contribution in [2.24, 2.45) is 0 Å². The van der Waals surface area contributed by atoms with Crippen molar-refractivity contribution in [1.29, 1.82) is 0 Å². The lowest BCUT2D eigenvalue weighted by atomic mass is 10.0. The number of hydrogen-bond acceptors (Lipinski definition) is 5. The zero-order chi connectivity index (χ0) is 52.0. The van der Waals surface area contributed by atoms with E-state index >= 15 is 0 Å². The molecule has 0 aromatic rings. The fraction of sp³-hybridized carbons (Fsp3) is 0.821. The van der Waals surface area contributed by atoms with Crippen molar-refractivity contribution in [3.05, 3.63) is 60.8 Å². The van der Waals surface area contributed by atoms with Gasteiger partial charge in [0.15, 0.2) is 6.10 Å². The van der Waals surface area contributed by atoms with Gasteiger partial charge < -0.3 is 14.2 Å². The van der Waals surface area contributed by atoms with Crippen molar-refractivity contribution in [1.82, 2.24) is 0 Å². The highest BCUT2D eigenvalue weighted by Gasteiger charge is 2.18.